The number of hydrogen-bond donors (Lipinski definition) is 2. The van der Waals surface area contributed by atoms with Crippen LogP contribution in [-0.2, 0) is 16.4 Å². The molecule has 0 radical (unpaired) electrons. The molecule has 1 saturated heterocycles. The van der Waals surface area contributed by atoms with Crippen LogP contribution in [0, 0.1) is 5.82 Å². The minimum atomic E-state index is -3.80. The largest absolute Gasteiger partial charge is 0.366 e. The maximum absolute atomic E-state index is 13.4. The van der Waals surface area contributed by atoms with Crippen molar-refractivity contribution in [1.29, 1.82) is 0 Å². The van der Waals surface area contributed by atoms with Gasteiger partial charge in [0.05, 0.1) is 4.90 Å². The van der Waals surface area contributed by atoms with Gasteiger partial charge in [0.1, 0.15) is 5.82 Å². The summed E-state index contributed by atoms with van der Waals surface area (Å²) in [5.41, 5.74) is 6.55. The normalized spacial score (nSPS) is 15.0. The quantitative estimate of drug-likeness (QED) is 0.711. The number of primary amides is 1. The van der Waals surface area contributed by atoms with E-state index in [1.165, 1.54) is 27.4 Å². The molecule has 10 heteroatoms. The third kappa shape index (κ3) is 5.14. The topological polar surface area (TPSA) is 113 Å². The van der Waals surface area contributed by atoms with Crippen LogP contribution in [0.2, 0.25) is 0 Å². The number of carbonyl (C=O) groups is 2. The monoisotopic (exact) mass is 434 g/mol. The second-order valence-corrected chi connectivity index (χ2v) is 8.83. The van der Waals surface area contributed by atoms with Crippen molar-refractivity contribution < 1.29 is 22.4 Å². The van der Waals surface area contributed by atoms with Crippen molar-refractivity contribution in [3.8, 4) is 0 Å². The highest BCUT2D eigenvalue weighted by Crippen LogP contribution is 2.18. The highest BCUT2D eigenvalue weighted by atomic mass is 32.2. The van der Waals surface area contributed by atoms with Gasteiger partial charge >= 0.3 is 6.03 Å². The van der Waals surface area contributed by atoms with Crippen molar-refractivity contribution in [1.82, 2.24) is 14.5 Å². The Morgan fingerprint density at radius 3 is 2.40 bits per heavy atom. The lowest BCUT2D eigenvalue weighted by Gasteiger charge is -2.34. The zero-order valence-electron chi connectivity index (χ0n) is 16.3. The molecule has 0 bridgehead atoms. The Morgan fingerprint density at radius 1 is 1.03 bits per heavy atom. The van der Waals surface area contributed by atoms with E-state index in [2.05, 4.69) is 5.32 Å². The van der Waals surface area contributed by atoms with E-state index in [4.69, 9.17) is 5.73 Å². The summed E-state index contributed by atoms with van der Waals surface area (Å²) in [6.45, 7) is 1.10. The molecule has 8 nitrogen and oxygen atoms in total. The Bertz CT molecular complexity index is 1040. The first-order valence-corrected chi connectivity index (χ1v) is 10.9. The third-order valence-electron chi connectivity index (χ3n) is 4.86. The molecule has 1 fully saturated rings. The lowest BCUT2D eigenvalue weighted by molar-refractivity contribution is 0.1000. The van der Waals surface area contributed by atoms with Gasteiger partial charge in [0.25, 0.3) is 0 Å². The molecule has 1 aliphatic rings. The Labute approximate surface area is 174 Å². The number of nitrogens with zero attached hydrogens (tertiary/aromatic N) is 2. The third-order valence-corrected chi connectivity index (χ3v) is 6.76. The van der Waals surface area contributed by atoms with Crippen LogP contribution in [0.5, 0.6) is 0 Å². The van der Waals surface area contributed by atoms with Gasteiger partial charge in [0.2, 0.25) is 15.9 Å². The number of piperazine rings is 1. The molecule has 3 rings (SSSR count). The van der Waals surface area contributed by atoms with Crippen LogP contribution in [0.25, 0.3) is 0 Å². The van der Waals surface area contributed by atoms with Crippen LogP contribution in [0.1, 0.15) is 15.9 Å². The fraction of sp³-hybridized carbons (Fsp3) is 0.300. The fourth-order valence-corrected chi connectivity index (χ4v) is 4.67. The zero-order valence-corrected chi connectivity index (χ0v) is 17.1. The number of benzene rings is 2. The lowest BCUT2D eigenvalue weighted by atomic mass is 10.1. The van der Waals surface area contributed by atoms with Gasteiger partial charge in [0.15, 0.2) is 0 Å². The van der Waals surface area contributed by atoms with Gasteiger partial charge in [0, 0.05) is 38.3 Å². The van der Waals surface area contributed by atoms with Crippen molar-refractivity contribution in [2.24, 2.45) is 5.73 Å². The predicted octanol–water partition coefficient (Wildman–Crippen LogP) is 1.18. The van der Waals surface area contributed by atoms with Crippen LogP contribution < -0.4 is 11.1 Å². The number of nitrogens with two attached hydrogens (primary N) is 1. The molecular formula is C20H23FN4O4S. The van der Waals surface area contributed by atoms with E-state index in [9.17, 15) is 22.4 Å². The number of rotatable bonds is 6. The first kappa shape index (κ1) is 21.7. The van der Waals surface area contributed by atoms with Crippen LogP contribution in [-0.4, -0.2) is 62.3 Å². The molecule has 30 heavy (non-hydrogen) atoms. The number of nitrogens with one attached hydrogen (secondary N) is 1. The van der Waals surface area contributed by atoms with Gasteiger partial charge in [-0.05, 0) is 42.3 Å². The number of sulfonamides is 1. The van der Waals surface area contributed by atoms with Crippen LogP contribution >= 0.6 is 0 Å². The fourth-order valence-electron chi connectivity index (χ4n) is 3.21. The van der Waals surface area contributed by atoms with Gasteiger partial charge in [-0.15, -0.1) is 0 Å². The van der Waals surface area contributed by atoms with Gasteiger partial charge in [-0.2, -0.15) is 4.31 Å². The lowest BCUT2D eigenvalue weighted by Crippen LogP contribution is -2.53. The summed E-state index contributed by atoms with van der Waals surface area (Å²) in [6.07, 6.45) is 0.529. The van der Waals surface area contributed by atoms with Crippen LogP contribution in [0.4, 0.5) is 9.18 Å². The minimum absolute atomic E-state index is 0.0985. The van der Waals surface area contributed by atoms with Gasteiger partial charge in [-0.3, -0.25) is 4.79 Å². The van der Waals surface area contributed by atoms with E-state index in [0.717, 1.165) is 11.6 Å². The molecule has 3 amide bonds. The van der Waals surface area contributed by atoms with Crippen LogP contribution in [0.15, 0.2) is 53.4 Å². The highest BCUT2D eigenvalue weighted by molar-refractivity contribution is 7.89. The second kappa shape index (κ2) is 9.23. The van der Waals surface area contributed by atoms with E-state index in [1.54, 1.807) is 18.2 Å². The molecule has 0 aliphatic carbocycles. The molecule has 0 aromatic heterocycles. The molecule has 0 saturated carbocycles. The van der Waals surface area contributed by atoms with E-state index in [-0.39, 0.29) is 37.1 Å². The SMILES string of the molecule is NC(=O)c1cccc(CCNC(=O)N2CCN(S(=O)(=O)c3cccc(F)c3)CC2)c1. The molecule has 160 valence electrons. The maximum Gasteiger partial charge on any atom is 0.317 e. The summed E-state index contributed by atoms with van der Waals surface area (Å²) >= 11 is 0. The average molecular weight is 434 g/mol. The maximum atomic E-state index is 13.4. The van der Waals surface area contributed by atoms with Crippen molar-refractivity contribution in [3.63, 3.8) is 0 Å². The molecule has 3 N–H and O–H groups in total. The number of hydrogen-bond acceptors (Lipinski definition) is 4. The molecule has 0 unspecified atom stereocenters. The zero-order chi connectivity index (χ0) is 21.7. The molecule has 2 aromatic carbocycles. The highest BCUT2D eigenvalue weighted by Gasteiger charge is 2.30. The van der Waals surface area contributed by atoms with Gasteiger partial charge in [-0.25, -0.2) is 17.6 Å². The Morgan fingerprint density at radius 2 is 1.73 bits per heavy atom. The Kier molecular flexibility index (Phi) is 6.68. The molecule has 1 aliphatic heterocycles. The smallest absolute Gasteiger partial charge is 0.317 e. The van der Waals surface area contributed by atoms with E-state index < -0.39 is 21.7 Å². The molecular weight excluding hydrogens is 411 g/mol. The summed E-state index contributed by atoms with van der Waals surface area (Å²) in [7, 11) is -3.80. The standard InChI is InChI=1S/C20H23FN4O4S/c21-17-5-2-6-18(14-17)30(28,29)25-11-9-24(10-12-25)20(27)23-8-7-15-3-1-4-16(13-15)19(22)26/h1-6,13-14H,7-12H2,(H2,22,26)(H,23,27). The molecule has 2 aromatic rings. The first-order chi connectivity index (χ1) is 14.3. The van der Waals surface area contributed by atoms with Crippen molar-refractivity contribution in [3.05, 3.63) is 65.5 Å². The van der Waals surface area contributed by atoms with E-state index >= 15 is 0 Å². The first-order valence-electron chi connectivity index (χ1n) is 9.44. The summed E-state index contributed by atoms with van der Waals surface area (Å²) in [5, 5.41) is 2.80. The Balaban J connectivity index is 1.49. The van der Waals surface area contributed by atoms with Crippen LogP contribution in [0.3, 0.4) is 0 Å². The molecule has 0 atom stereocenters. The minimum Gasteiger partial charge on any atom is -0.366 e. The number of carbonyl (C=O) groups excluding carboxylic acids is 2. The summed E-state index contributed by atoms with van der Waals surface area (Å²) < 4.78 is 39.9. The van der Waals surface area contributed by atoms with Crippen molar-refractivity contribution >= 4 is 22.0 Å². The van der Waals surface area contributed by atoms with Gasteiger partial charge < -0.3 is 16.0 Å². The van der Waals surface area contributed by atoms with E-state index in [1.807, 2.05) is 6.07 Å². The number of halogens is 1. The van der Waals surface area contributed by atoms with Crippen molar-refractivity contribution in [2.75, 3.05) is 32.7 Å². The predicted molar refractivity (Wildman–Crippen MR) is 109 cm³/mol. The summed E-state index contributed by atoms with van der Waals surface area (Å²) in [6, 6.07) is 11.5. The van der Waals surface area contributed by atoms with E-state index in [0.29, 0.717) is 18.5 Å². The Hall–Kier alpha value is -2.98. The van der Waals surface area contributed by atoms with Gasteiger partial charge in [-0.1, -0.05) is 18.2 Å². The summed E-state index contributed by atoms with van der Waals surface area (Å²) in [5.74, 6) is -1.12. The molecule has 1 heterocycles. The second-order valence-electron chi connectivity index (χ2n) is 6.90. The van der Waals surface area contributed by atoms with Crippen molar-refractivity contribution in [2.45, 2.75) is 11.3 Å². The number of amides is 3. The number of urea groups is 1. The average Bonchev–Trinajstić information content (AvgIpc) is 2.74. The molecule has 0 spiro atoms. The summed E-state index contributed by atoms with van der Waals surface area (Å²) in [4.78, 5) is 25.0.